The lowest BCUT2D eigenvalue weighted by atomic mass is 10.1. The van der Waals surface area contributed by atoms with E-state index in [2.05, 4.69) is 10.3 Å². The number of benzene rings is 1. The highest BCUT2D eigenvalue weighted by atomic mass is 16.5. The van der Waals surface area contributed by atoms with E-state index in [0.717, 1.165) is 11.1 Å². The van der Waals surface area contributed by atoms with Crippen molar-refractivity contribution in [3.05, 3.63) is 53.3 Å². The molecule has 0 saturated heterocycles. The quantitative estimate of drug-likeness (QED) is 0.840. The Hall–Kier alpha value is -2.56. The summed E-state index contributed by atoms with van der Waals surface area (Å²) in [5.74, 6) is -0.916. The van der Waals surface area contributed by atoms with E-state index in [1.165, 1.54) is 0 Å². The van der Waals surface area contributed by atoms with Crippen molar-refractivity contribution in [1.29, 1.82) is 0 Å². The minimum atomic E-state index is -0.550. The number of carbonyl (C=O) groups is 2. The summed E-state index contributed by atoms with van der Waals surface area (Å²) in [6.07, 6.45) is 1.62. The molecule has 0 fully saturated rings. The Bertz CT molecular complexity index is 598. The first-order valence-corrected chi connectivity index (χ1v) is 6.23. The fraction of sp³-hybridized carbons (Fsp3) is 0.200. The van der Waals surface area contributed by atoms with Crippen LogP contribution in [0, 0.1) is 13.8 Å². The second kappa shape index (κ2) is 6.06. The summed E-state index contributed by atoms with van der Waals surface area (Å²) in [5.41, 5.74) is 3.14. The molecular weight excluding hydrogens is 256 g/mol. The molecule has 104 valence electrons. The SMILES string of the molecule is Cc1cc(C)cc(NC(=O)COC(=O)c2ccc[nH]2)c1. The zero-order valence-corrected chi connectivity index (χ0v) is 11.4. The first-order valence-electron chi connectivity index (χ1n) is 6.23. The van der Waals surface area contributed by atoms with Crippen molar-refractivity contribution in [2.24, 2.45) is 0 Å². The normalized spacial score (nSPS) is 10.1. The van der Waals surface area contributed by atoms with Gasteiger partial charge in [-0.3, -0.25) is 4.79 Å². The van der Waals surface area contributed by atoms with Gasteiger partial charge >= 0.3 is 5.97 Å². The van der Waals surface area contributed by atoms with Crippen LogP contribution in [0.25, 0.3) is 0 Å². The van der Waals surface area contributed by atoms with E-state index < -0.39 is 5.97 Å². The summed E-state index contributed by atoms with van der Waals surface area (Å²) in [7, 11) is 0. The fourth-order valence-electron chi connectivity index (χ4n) is 1.91. The zero-order chi connectivity index (χ0) is 14.5. The van der Waals surface area contributed by atoms with Gasteiger partial charge in [-0.15, -0.1) is 0 Å². The van der Waals surface area contributed by atoms with Crippen molar-refractivity contribution in [3.63, 3.8) is 0 Å². The topological polar surface area (TPSA) is 71.2 Å². The van der Waals surface area contributed by atoms with Gasteiger partial charge in [-0.05, 0) is 49.2 Å². The number of carbonyl (C=O) groups excluding carboxylic acids is 2. The van der Waals surface area contributed by atoms with Gasteiger partial charge in [0.15, 0.2) is 6.61 Å². The third kappa shape index (κ3) is 3.71. The average Bonchev–Trinajstić information content (AvgIpc) is 2.88. The molecule has 5 nitrogen and oxygen atoms in total. The van der Waals surface area contributed by atoms with Crippen LogP contribution in [0.4, 0.5) is 5.69 Å². The number of nitrogens with one attached hydrogen (secondary N) is 2. The van der Waals surface area contributed by atoms with Gasteiger partial charge in [-0.1, -0.05) is 6.07 Å². The number of hydrogen-bond acceptors (Lipinski definition) is 3. The first-order chi connectivity index (χ1) is 9.54. The van der Waals surface area contributed by atoms with Crippen LogP contribution in [-0.2, 0) is 9.53 Å². The standard InChI is InChI=1S/C15H16N2O3/c1-10-6-11(2)8-12(7-10)17-14(18)9-20-15(19)13-4-3-5-16-13/h3-8,16H,9H2,1-2H3,(H,17,18). The van der Waals surface area contributed by atoms with Gasteiger partial charge in [0.2, 0.25) is 0 Å². The lowest BCUT2D eigenvalue weighted by Crippen LogP contribution is -2.21. The molecule has 0 atom stereocenters. The van der Waals surface area contributed by atoms with Crippen LogP contribution in [0.5, 0.6) is 0 Å². The van der Waals surface area contributed by atoms with Crippen molar-refractivity contribution < 1.29 is 14.3 Å². The maximum atomic E-state index is 11.7. The molecule has 0 aliphatic carbocycles. The highest BCUT2D eigenvalue weighted by Gasteiger charge is 2.10. The Kier molecular flexibility index (Phi) is 4.20. The predicted octanol–water partition coefficient (Wildman–Crippen LogP) is 2.43. The van der Waals surface area contributed by atoms with E-state index in [4.69, 9.17) is 4.74 Å². The second-order valence-electron chi connectivity index (χ2n) is 4.58. The summed E-state index contributed by atoms with van der Waals surface area (Å²) >= 11 is 0. The summed E-state index contributed by atoms with van der Waals surface area (Å²) in [6.45, 7) is 3.59. The number of aromatic nitrogens is 1. The third-order valence-electron chi connectivity index (χ3n) is 2.66. The number of rotatable bonds is 4. The molecule has 1 heterocycles. The highest BCUT2D eigenvalue weighted by molar-refractivity contribution is 5.94. The van der Waals surface area contributed by atoms with Gasteiger partial charge in [0.1, 0.15) is 5.69 Å². The summed E-state index contributed by atoms with van der Waals surface area (Å²) < 4.78 is 4.90. The van der Waals surface area contributed by atoms with Crippen LogP contribution in [0.15, 0.2) is 36.5 Å². The Morgan fingerprint density at radius 3 is 2.50 bits per heavy atom. The summed E-state index contributed by atoms with van der Waals surface area (Å²) in [5, 5.41) is 2.70. The Balaban J connectivity index is 1.88. The van der Waals surface area contributed by atoms with Crippen molar-refractivity contribution in [2.45, 2.75) is 13.8 Å². The number of ether oxygens (including phenoxy) is 1. The van der Waals surface area contributed by atoms with Crippen LogP contribution in [0.2, 0.25) is 0 Å². The van der Waals surface area contributed by atoms with E-state index in [-0.39, 0.29) is 12.5 Å². The number of H-pyrrole nitrogens is 1. The molecule has 2 N–H and O–H groups in total. The first kappa shape index (κ1) is 13.9. The second-order valence-corrected chi connectivity index (χ2v) is 4.58. The summed E-state index contributed by atoms with van der Waals surface area (Å²) in [4.78, 5) is 26.0. The molecule has 0 aliphatic heterocycles. The van der Waals surface area contributed by atoms with Crippen LogP contribution in [-0.4, -0.2) is 23.5 Å². The van der Waals surface area contributed by atoms with Crippen molar-refractivity contribution in [3.8, 4) is 0 Å². The molecule has 5 heteroatoms. The van der Waals surface area contributed by atoms with Crippen molar-refractivity contribution >= 4 is 17.6 Å². The van der Waals surface area contributed by atoms with Crippen LogP contribution in [0.1, 0.15) is 21.6 Å². The molecule has 1 aromatic heterocycles. The molecular formula is C15H16N2O3. The number of hydrogen-bond donors (Lipinski definition) is 2. The van der Waals surface area contributed by atoms with E-state index in [9.17, 15) is 9.59 Å². The molecule has 2 aromatic rings. The lowest BCUT2D eigenvalue weighted by Gasteiger charge is -2.08. The maximum Gasteiger partial charge on any atom is 0.355 e. The van der Waals surface area contributed by atoms with E-state index >= 15 is 0 Å². The van der Waals surface area contributed by atoms with Gasteiger partial charge in [0.25, 0.3) is 5.91 Å². The van der Waals surface area contributed by atoms with Gasteiger partial charge in [-0.25, -0.2) is 4.79 Å². The van der Waals surface area contributed by atoms with Crippen LogP contribution in [0.3, 0.4) is 0 Å². The van der Waals surface area contributed by atoms with Crippen LogP contribution < -0.4 is 5.32 Å². The number of amides is 1. The number of anilines is 1. The molecule has 0 radical (unpaired) electrons. The van der Waals surface area contributed by atoms with E-state index in [0.29, 0.717) is 11.4 Å². The molecule has 0 spiro atoms. The van der Waals surface area contributed by atoms with E-state index in [1.54, 1.807) is 18.3 Å². The minimum absolute atomic E-state index is 0.315. The molecule has 0 saturated carbocycles. The highest BCUT2D eigenvalue weighted by Crippen LogP contribution is 2.13. The Morgan fingerprint density at radius 2 is 1.90 bits per heavy atom. The number of aromatic amines is 1. The largest absolute Gasteiger partial charge is 0.451 e. The Morgan fingerprint density at radius 1 is 1.20 bits per heavy atom. The molecule has 1 amide bonds. The van der Waals surface area contributed by atoms with Gasteiger partial charge in [0.05, 0.1) is 0 Å². The molecule has 1 aromatic carbocycles. The zero-order valence-electron chi connectivity index (χ0n) is 11.4. The molecule has 2 rings (SSSR count). The molecule has 0 unspecified atom stereocenters. The molecule has 0 bridgehead atoms. The lowest BCUT2D eigenvalue weighted by molar-refractivity contribution is -0.119. The van der Waals surface area contributed by atoms with Gasteiger partial charge in [-0.2, -0.15) is 0 Å². The van der Waals surface area contributed by atoms with Crippen LogP contribution >= 0.6 is 0 Å². The van der Waals surface area contributed by atoms with Gasteiger partial charge in [0, 0.05) is 11.9 Å². The molecule has 20 heavy (non-hydrogen) atoms. The third-order valence-corrected chi connectivity index (χ3v) is 2.66. The predicted molar refractivity (Wildman–Crippen MR) is 75.6 cm³/mol. The van der Waals surface area contributed by atoms with Crippen molar-refractivity contribution in [1.82, 2.24) is 4.98 Å². The fourth-order valence-corrected chi connectivity index (χ4v) is 1.91. The number of esters is 1. The monoisotopic (exact) mass is 272 g/mol. The maximum absolute atomic E-state index is 11.7. The van der Waals surface area contributed by atoms with Crippen molar-refractivity contribution in [2.75, 3.05) is 11.9 Å². The number of aryl methyl sites for hydroxylation is 2. The minimum Gasteiger partial charge on any atom is -0.451 e. The summed E-state index contributed by atoms with van der Waals surface area (Å²) in [6, 6.07) is 9.01. The molecule has 0 aliphatic rings. The Labute approximate surface area is 117 Å². The smallest absolute Gasteiger partial charge is 0.355 e. The van der Waals surface area contributed by atoms with Gasteiger partial charge < -0.3 is 15.0 Å². The average molecular weight is 272 g/mol. The van der Waals surface area contributed by atoms with E-state index in [1.807, 2.05) is 32.0 Å².